The summed E-state index contributed by atoms with van der Waals surface area (Å²) in [7, 11) is 0. The first kappa shape index (κ1) is 16.4. The maximum atomic E-state index is 14.1. The van der Waals surface area contributed by atoms with Gasteiger partial charge < -0.3 is 4.90 Å². The second-order valence-electron chi connectivity index (χ2n) is 6.34. The van der Waals surface area contributed by atoms with E-state index in [0.717, 1.165) is 12.8 Å². The standard InChI is InChI=1S/C18H20FN3O2/c1-12-7-9-21(10-8-12)18(24)17-16(23)11-13(2)22(20-17)15-6-4-3-5-14(15)19/h3-6,11-12H,7-10H2,1-2H3. The van der Waals surface area contributed by atoms with Gasteiger partial charge in [0.15, 0.2) is 5.69 Å². The minimum Gasteiger partial charge on any atom is -0.337 e. The molecule has 5 nitrogen and oxygen atoms in total. The van der Waals surface area contributed by atoms with Crippen LogP contribution in [0, 0.1) is 18.7 Å². The van der Waals surface area contributed by atoms with Crippen molar-refractivity contribution in [3.63, 3.8) is 0 Å². The third kappa shape index (κ3) is 3.09. The molecule has 2 aromatic rings. The first-order valence-electron chi connectivity index (χ1n) is 8.12. The van der Waals surface area contributed by atoms with E-state index >= 15 is 0 Å². The molecule has 1 aromatic heterocycles. The van der Waals surface area contributed by atoms with Crippen molar-refractivity contribution >= 4 is 5.91 Å². The van der Waals surface area contributed by atoms with Crippen molar-refractivity contribution in [3.8, 4) is 5.69 Å². The number of para-hydroxylation sites is 1. The second-order valence-corrected chi connectivity index (χ2v) is 6.34. The molecule has 0 N–H and O–H groups in total. The maximum absolute atomic E-state index is 14.1. The van der Waals surface area contributed by atoms with Crippen LogP contribution >= 0.6 is 0 Å². The molecule has 3 rings (SSSR count). The third-order valence-corrected chi connectivity index (χ3v) is 4.46. The maximum Gasteiger partial charge on any atom is 0.278 e. The number of piperidine rings is 1. The van der Waals surface area contributed by atoms with Gasteiger partial charge in [-0.25, -0.2) is 9.07 Å². The van der Waals surface area contributed by atoms with Crippen LogP contribution in [0.4, 0.5) is 4.39 Å². The first-order chi connectivity index (χ1) is 11.5. The van der Waals surface area contributed by atoms with Crippen LogP contribution in [0.25, 0.3) is 5.69 Å². The minimum atomic E-state index is -0.457. The van der Waals surface area contributed by atoms with Gasteiger partial charge in [0.05, 0.1) is 0 Å². The van der Waals surface area contributed by atoms with Gasteiger partial charge in [0, 0.05) is 24.8 Å². The summed E-state index contributed by atoms with van der Waals surface area (Å²) in [6.07, 6.45) is 1.83. The summed E-state index contributed by atoms with van der Waals surface area (Å²) in [5, 5.41) is 4.17. The zero-order chi connectivity index (χ0) is 17.3. The van der Waals surface area contributed by atoms with Crippen molar-refractivity contribution in [2.75, 3.05) is 13.1 Å². The van der Waals surface area contributed by atoms with E-state index in [1.165, 1.54) is 16.8 Å². The number of carbonyl (C=O) groups is 1. The number of amides is 1. The Kier molecular flexibility index (Phi) is 4.46. The Morgan fingerprint density at radius 2 is 1.92 bits per heavy atom. The average Bonchev–Trinajstić information content (AvgIpc) is 2.56. The third-order valence-electron chi connectivity index (χ3n) is 4.46. The topological polar surface area (TPSA) is 55.2 Å². The zero-order valence-corrected chi connectivity index (χ0v) is 13.8. The fraction of sp³-hybridized carbons (Fsp3) is 0.389. The fourth-order valence-electron chi connectivity index (χ4n) is 2.92. The van der Waals surface area contributed by atoms with Gasteiger partial charge in [-0.15, -0.1) is 0 Å². The number of hydrogen-bond donors (Lipinski definition) is 0. The number of aromatic nitrogens is 2. The van der Waals surface area contributed by atoms with E-state index in [1.807, 2.05) is 0 Å². The monoisotopic (exact) mass is 329 g/mol. The van der Waals surface area contributed by atoms with Crippen LogP contribution < -0.4 is 5.43 Å². The molecule has 0 radical (unpaired) electrons. The van der Waals surface area contributed by atoms with Gasteiger partial charge in [-0.1, -0.05) is 19.1 Å². The highest BCUT2D eigenvalue weighted by Gasteiger charge is 2.25. The predicted molar refractivity (Wildman–Crippen MR) is 88.8 cm³/mol. The van der Waals surface area contributed by atoms with E-state index in [9.17, 15) is 14.0 Å². The van der Waals surface area contributed by atoms with Crippen LogP contribution in [0.3, 0.4) is 0 Å². The Bertz CT molecular complexity index is 823. The summed E-state index contributed by atoms with van der Waals surface area (Å²) in [5.41, 5.74) is 0.118. The highest BCUT2D eigenvalue weighted by molar-refractivity contribution is 5.92. The Hall–Kier alpha value is -2.50. The van der Waals surface area contributed by atoms with Crippen molar-refractivity contribution in [1.82, 2.24) is 14.7 Å². The Morgan fingerprint density at radius 3 is 2.58 bits per heavy atom. The number of hydrogen-bond acceptors (Lipinski definition) is 3. The van der Waals surface area contributed by atoms with Gasteiger partial charge in [-0.05, 0) is 37.8 Å². The van der Waals surface area contributed by atoms with Gasteiger partial charge in [-0.2, -0.15) is 5.10 Å². The summed E-state index contributed by atoms with van der Waals surface area (Å²) < 4.78 is 15.4. The van der Waals surface area contributed by atoms with Crippen LogP contribution in [-0.2, 0) is 0 Å². The molecular formula is C18H20FN3O2. The normalized spacial score (nSPS) is 15.5. The highest BCUT2D eigenvalue weighted by atomic mass is 19.1. The molecule has 2 heterocycles. The number of carbonyl (C=O) groups excluding carboxylic acids is 1. The average molecular weight is 329 g/mol. The number of likely N-dealkylation sites (tertiary alicyclic amines) is 1. The zero-order valence-electron chi connectivity index (χ0n) is 13.8. The first-order valence-corrected chi connectivity index (χ1v) is 8.12. The van der Waals surface area contributed by atoms with E-state index in [0.29, 0.717) is 24.7 Å². The van der Waals surface area contributed by atoms with E-state index in [4.69, 9.17) is 0 Å². The Morgan fingerprint density at radius 1 is 1.25 bits per heavy atom. The molecule has 0 aliphatic carbocycles. The molecule has 6 heteroatoms. The van der Waals surface area contributed by atoms with Crippen LogP contribution in [0.15, 0.2) is 35.1 Å². The van der Waals surface area contributed by atoms with Gasteiger partial charge in [0.1, 0.15) is 11.5 Å². The summed E-state index contributed by atoms with van der Waals surface area (Å²) in [5.74, 6) is -0.256. The molecule has 0 atom stereocenters. The molecule has 24 heavy (non-hydrogen) atoms. The van der Waals surface area contributed by atoms with Gasteiger partial charge >= 0.3 is 0 Å². The molecule has 1 aliphatic rings. The van der Waals surface area contributed by atoms with Crippen molar-refractivity contribution < 1.29 is 9.18 Å². The quantitative estimate of drug-likeness (QED) is 0.851. The van der Waals surface area contributed by atoms with Crippen LogP contribution in [0.1, 0.15) is 35.9 Å². The molecule has 1 saturated heterocycles. The number of aryl methyl sites for hydroxylation is 1. The molecule has 0 unspecified atom stereocenters. The molecule has 0 spiro atoms. The smallest absolute Gasteiger partial charge is 0.278 e. The summed E-state index contributed by atoms with van der Waals surface area (Å²) in [6.45, 7) is 5.05. The van der Waals surface area contributed by atoms with Gasteiger partial charge in [0.25, 0.3) is 5.91 Å². The lowest BCUT2D eigenvalue weighted by Crippen LogP contribution is -2.41. The molecule has 1 aliphatic heterocycles. The predicted octanol–water partition coefficient (Wildman–Crippen LogP) is 2.55. The summed E-state index contributed by atoms with van der Waals surface area (Å²) in [4.78, 5) is 26.6. The summed E-state index contributed by atoms with van der Waals surface area (Å²) in [6, 6.07) is 7.49. The van der Waals surface area contributed by atoms with E-state index in [-0.39, 0.29) is 17.3 Å². The van der Waals surface area contributed by atoms with Gasteiger partial charge in [-0.3, -0.25) is 9.59 Å². The number of rotatable bonds is 2. The molecule has 1 aromatic carbocycles. The van der Waals surface area contributed by atoms with Crippen LogP contribution in [-0.4, -0.2) is 33.7 Å². The van der Waals surface area contributed by atoms with Crippen molar-refractivity contribution in [2.45, 2.75) is 26.7 Å². The molecular weight excluding hydrogens is 309 g/mol. The van der Waals surface area contributed by atoms with E-state index in [1.54, 1.807) is 30.0 Å². The van der Waals surface area contributed by atoms with Crippen LogP contribution in [0.5, 0.6) is 0 Å². The molecule has 1 fully saturated rings. The molecule has 1 amide bonds. The molecule has 126 valence electrons. The Balaban J connectivity index is 2.00. The lowest BCUT2D eigenvalue weighted by atomic mass is 9.99. The lowest BCUT2D eigenvalue weighted by molar-refractivity contribution is 0.0687. The number of benzene rings is 1. The number of halogens is 1. The van der Waals surface area contributed by atoms with Crippen molar-refractivity contribution in [2.24, 2.45) is 5.92 Å². The molecule has 0 bridgehead atoms. The highest BCUT2D eigenvalue weighted by Crippen LogP contribution is 2.18. The SMILES string of the molecule is Cc1cc(=O)c(C(=O)N2CCC(C)CC2)nn1-c1ccccc1F. The second kappa shape index (κ2) is 6.55. The van der Waals surface area contributed by atoms with Crippen LogP contribution in [0.2, 0.25) is 0 Å². The largest absolute Gasteiger partial charge is 0.337 e. The summed E-state index contributed by atoms with van der Waals surface area (Å²) >= 11 is 0. The molecule has 0 saturated carbocycles. The number of nitrogens with zero attached hydrogens (tertiary/aromatic N) is 3. The van der Waals surface area contributed by atoms with Crippen molar-refractivity contribution in [3.05, 3.63) is 57.8 Å². The Labute approximate surface area is 139 Å². The van der Waals surface area contributed by atoms with Crippen molar-refractivity contribution in [1.29, 1.82) is 0 Å². The van der Waals surface area contributed by atoms with E-state index < -0.39 is 11.2 Å². The van der Waals surface area contributed by atoms with E-state index in [2.05, 4.69) is 12.0 Å². The lowest BCUT2D eigenvalue weighted by Gasteiger charge is -2.29. The minimum absolute atomic E-state index is 0.154. The fourth-order valence-corrected chi connectivity index (χ4v) is 2.92. The van der Waals surface area contributed by atoms with Gasteiger partial charge in [0.2, 0.25) is 5.43 Å².